The molecule has 30 heavy (non-hydrogen) atoms. The molecular weight excluding hydrogens is 394 g/mol. The number of nitrogens with one attached hydrogen (secondary N) is 1. The Bertz CT molecular complexity index is 1190. The van der Waals surface area contributed by atoms with E-state index in [1.807, 2.05) is 22.2 Å². The van der Waals surface area contributed by atoms with E-state index in [1.165, 1.54) is 16.9 Å². The molecule has 1 aliphatic rings. The van der Waals surface area contributed by atoms with Gasteiger partial charge < -0.3 is 5.32 Å². The summed E-state index contributed by atoms with van der Waals surface area (Å²) in [7, 11) is 0. The minimum absolute atomic E-state index is 0.139. The normalized spacial score (nSPS) is 12.7. The summed E-state index contributed by atoms with van der Waals surface area (Å²) in [5.41, 5.74) is 6.89. The summed E-state index contributed by atoms with van der Waals surface area (Å²) >= 11 is 1.54. The van der Waals surface area contributed by atoms with Crippen LogP contribution in [0.4, 0.5) is 0 Å². The van der Waals surface area contributed by atoms with Crippen LogP contribution in [0.3, 0.4) is 0 Å². The average Bonchev–Trinajstić information content (AvgIpc) is 3.50. The fourth-order valence-electron chi connectivity index (χ4n) is 3.81. The topological polar surface area (TPSA) is 72.7 Å². The summed E-state index contributed by atoms with van der Waals surface area (Å²) in [4.78, 5) is 21.6. The van der Waals surface area contributed by atoms with Gasteiger partial charge in [-0.15, -0.1) is 11.3 Å². The van der Waals surface area contributed by atoms with Crippen LogP contribution >= 0.6 is 11.3 Å². The number of carbonyl (C=O) groups is 1. The lowest BCUT2D eigenvalue weighted by atomic mass is 10.2. The lowest BCUT2D eigenvalue weighted by Crippen LogP contribution is -2.24. The van der Waals surface area contributed by atoms with E-state index in [9.17, 15) is 4.79 Å². The van der Waals surface area contributed by atoms with Gasteiger partial charge in [-0.3, -0.25) is 9.78 Å². The Morgan fingerprint density at radius 2 is 1.93 bits per heavy atom. The van der Waals surface area contributed by atoms with Crippen molar-refractivity contribution >= 4 is 17.2 Å². The molecule has 0 atom stereocenters. The van der Waals surface area contributed by atoms with E-state index in [4.69, 9.17) is 0 Å². The lowest BCUT2D eigenvalue weighted by Gasteiger charge is -2.05. The molecule has 1 aliphatic carbocycles. The molecule has 3 heterocycles. The highest BCUT2D eigenvalue weighted by atomic mass is 32.1. The van der Waals surface area contributed by atoms with Crippen molar-refractivity contribution in [1.82, 2.24) is 25.1 Å². The van der Waals surface area contributed by atoms with Crippen molar-refractivity contribution < 1.29 is 4.79 Å². The van der Waals surface area contributed by atoms with Crippen LogP contribution in [0.25, 0.3) is 16.9 Å². The molecule has 0 fully saturated rings. The maximum absolute atomic E-state index is 12.9. The Labute approximate surface area is 178 Å². The molecule has 1 N–H and O–H groups in total. The molecule has 6 nitrogen and oxygen atoms in total. The second-order valence-corrected chi connectivity index (χ2v) is 8.36. The first-order valence-electron chi connectivity index (χ1n) is 10.00. The first-order valence-corrected chi connectivity index (χ1v) is 10.9. The zero-order valence-electron chi connectivity index (χ0n) is 16.6. The van der Waals surface area contributed by atoms with Crippen molar-refractivity contribution in [2.75, 3.05) is 0 Å². The number of benzene rings is 1. The first kappa shape index (κ1) is 18.7. The summed E-state index contributed by atoms with van der Waals surface area (Å²) < 4.78 is 1.93. The summed E-state index contributed by atoms with van der Waals surface area (Å²) in [6.45, 7) is 2.45. The summed E-state index contributed by atoms with van der Waals surface area (Å²) in [5, 5.41) is 10.5. The van der Waals surface area contributed by atoms with Gasteiger partial charge in [0.05, 0.1) is 17.9 Å². The standard InChI is InChI=1S/C23H21N5OS/c1-15-5-7-17(8-6-15)28-20-4-2-3-18(20)22(27-28)23(29)25-13-21-26-19(14-30-21)16-9-11-24-12-10-16/h5-12,14H,2-4,13H2,1H3,(H,25,29). The number of nitrogens with zero attached hydrogens (tertiary/aromatic N) is 4. The molecule has 0 radical (unpaired) electrons. The number of amides is 1. The second kappa shape index (κ2) is 7.84. The van der Waals surface area contributed by atoms with Crippen molar-refractivity contribution in [3.05, 3.63) is 81.7 Å². The van der Waals surface area contributed by atoms with Crippen LogP contribution in [0, 0.1) is 6.92 Å². The SMILES string of the molecule is Cc1ccc(-n2nc(C(=O)NCc3nc(-c4ccncc4)cs3)c3c2CCC3)cc1. The van der Waals surface area contributed by atoms with Gasteiger partial charge in [0.15, 0.2) is 5.69 Å². The highest BCUT2D eigenvalue weighted by Gasteiger charge is 2.27. The third-order valence-corrected chi connectivity index (χ3v) is 6.20. The van der Waals surface area contributed by atoms with E-state index < -0.39 is 0 Å². The van der Waals surface area contributed by atoms with Crippen LogP contribution in [0.2, 0.25) is 0 Å². The summed E-state index contributed by atoms with van der Waals surface area (Å²) in [5.74, 6) is -0.139. The van der Waals surface area contributed by atoms with Gasteiger partial charge in [-0.05, 0) is 50.5 Å². The lowest BCUT2D eigenvalue weighted by molar-refractivity contribution is 0.0944. The van der Waals surface area contributed by atoms with Gasteiger partial charge in [-0.25, -0.2) is 9.67 Å². The monoisotopic (exact) mass is 415 g/mol. The highest BCUT2D eigenvalue weighted by molar-refractivity contribution is 7.09. The summed E-state index contributed by atoms with van der Waals surface area (Å²) in [6.07, 6.45) is 6.40. The van der Waals surface area contributed by atoms with E-state index in [0.717, 1.165) is 52.5 Å². The van der Waals surface area contributed by atoms with E-state index in [0.29, 0.717) is 12.2 Å². The predicted molar refractivity (Wildman–Crippen MR) is 117 cm³/mol. The van der Waals surface area contributed by atoms with Gasteiger partial charge in [0.2, 0.25) is 0 Å². The van der Waals surface area contributed by atoms with Crippen molar-refractivity contribution in [3.63, 3.8) is 0 Å². The maximum atomic E-state index is 12.9. The second-order valence-electron chi connectivity index (χ2n) is 7.42. The van der Waals surface area contributed by atoms with Gasteiger partial charge in [0, 0.05) is 34.6 Å². The number of aromatic nitrogens is 4. The maximum Gasteiger partial charge on any atom is 0.272 e. The molecule has 150 valence electrons. The Balaban J connectivity index is 1.34. The Morgan fingerprint density at radius 1 is 1.13 bits per heavy atom. The molecule has 0 saturated heterocycles. The van der Waals surface area contributed by atoms with Gasteiger partial charge >= 0.3 is 0 Å². The molecule has 5 rings (SSSR count). The zero-order valence-corrected chi connectivity index (χ0v) is 17.4. The van der Waals surface area contributed by atoms with Gasteiger partial charge in [-0.1, -0.05) is 17.7 Å². The zero-order chi connectivity index (χ0) is 20.5. The molecule has 0 aliphatic heterocycles. The number of hydrogen-bond donors (Lipinski definition) is 1. The molecule has 0 saturated carbocycles. The average molecular weight is 416 g/mol. The third kappa shape index (κ3) is 3.52. The van der Waals surface area contributed by atoms with Gasteiger partial charge in [0.1, 0.15) is 5.01 Å². The first-order chi connectivity index (χ1) is 14.7. The van der Waals surface area contributed by atoms with Gasteiger partial charge in [-0.2, -0.15) is 5.10 Å². The fourth-order valence-corrected chi connectivity index (χ4v) is 4.55. The van der Waals surface area contributed by atoms with E-state index in [2.05, 4.69) is 51.6 Å². The molecule has 0 spiro atoms. The van der Waals surface area contributed by atoms with Crippen molar-refractivity contribution in [2.24, 2.45) is 0 Å². The highest BCUT2D eigenvalue weighted by Crippen LogP contribution is 2.28. The molecule has 0 unspecified atom stereocenters. The molecule has 7 heteroatoms. The van der Waals surface area contributed by atoms with E-state index >= 15 is 0 Å². The molecule has 4 aromatic rings. The Morgan fingerprint density at radius 3 is 2.73 bits per heavy atom. The number of aryl methyl sites for hydroxylation is 1. The summed E-state index contributed by atoms with van der Waals surface area (Å²) in [6, 6.07) is 12.1. The Hall–Kier alpha value is -3.32. The fraction of sp³-hybridized carbons (Fsp3) is 0.217. The minimum atomic E-state index is -0.139. The number of pyridine rings is 1. The smallest absolute Gasteiger partial charge is 0.272 e. The number of fused-ring (bicyclic) bond motifs is 1. The number of rotatable bonds is 5. The van der Waals surface area contributed by atoms with Crippen molar-refractivity contribution in [1.29, 1.82) is 0 Å². The van der Waals surface area contributed by atoms with E-state index in [-0.39, 0.29) is 5.91 Å². The molecule has 0 bridgehead atoms. The van der Waals surface area contributed by atoms with E-state index in [1.54, 1.807) is 12.4 Å². The Kier molecular flexibility index (Phi) is 4.88. The number of thiazole rings is 1. The van der Waals surface area contributed by atoms with Crippen molar-refractivity contribution in [2.45, 2.75) is 32.7 Å². The number of hydrogen-bond acceptors (Lipinski definition) is 5. The third-order valence-electron chi connectivity index (χ3n) is 5.35. The largest absolute Gasteiger partial charge is 0.344 e. The van der Waals surface area contributed by atoms with Crippen molar-refractivity contribution in [3.8, 4) is 16.9 Å². The molecule has 3 aromatic heterocycles. The predicted octanol–water partition coefficient (Wildman–Crippen LogP) is 4.12. The number of carbonyl (C=O) groups excluding carboxylic acids is 1. The van der Waals surface area contributed by atoms with Crippen LogP contribution in [0.15, 0.2) is 54.2 Å². The molecular formula is C23H21N5OS. The van der Waals surface area contributed by atoms with Crippen LogP contribution in [-0.4, -0.2) is 25.7 Å². The molecule has 1 aromatic carbocycles. The minimum Gasteiger partial charge on any atom is -0.344 e. The van der Waals surface area contributed by atoms with Crippen LogP contribution in [0.1, 0.15) is 38.7 Å². The van der Waals surface area contributed by atoms with Crippen LogP contribution < -0.4 is 5.32 Å². The molecule has 1 amide bonds. The quantitative estimate of drug-likeness (QED) is 0.532. The van der Waals surface area contributed by atoms with Crippen LogP contribution in [0.5, 0.6) is 0 Å². The van der Waals surface area contributed by atoms with Crippen LogP contribution in [-0.2, 0) is 19.4 Å². The van der Waals surface area contributed by atoms with Gasteiger partial charge in [0.25, 0.3) is 5.91 Å².